The molecule has 1 saturated heterocycles. The molecule has 2 unspecified atom stereocenters. The molecule has 98 valence electrons. The Morgan fingerprint density at radius 2 is 2.06 bits per heavy atom. The van der Waals surface area contributed by atoms with Gasteiger partial charge in [-0.3, -0.25) is 9.69 Å². The van der Waals surface area contributed by atoms with E-state index in [1.165, 1.54) is 5.56 Å². The minimum atomic E-state index is -0.701. The van der Waals surface area contributed by atoms with Crippen molar-refractivity contribution in [3.63, 3.8) is 0 Å². The van der Waals surface area contributed by atoms with Crippen molar-refractivity contribution < 1.29 is 9.90 Å². The lowest BCUT2D eigenvalue weighted by Crippen LogP contribution is -2.32. The van der Waals surface area contributed by atoms with E-state index in [2.05, 4.69) is 11.8 Å². The lowest BCUT2D eigenvalue weighted by Gasteiger charge is -2.26. The van der Waals surface area contributed by atoms with E-state index >= 15 is 0 Å². The number of benzene rings is 1. The molecule has 1 fully saturated rings. The molecule has 1 N–H and O–H groups in total. The number of likely N-dealkylation sites (tertiary alicyclic amines) is 1. The molecule has 0 saturated carbocycles. The maximum atomic E-state index is 11.2. The fourth-order valence-electron chi connectivity index (χ4n) is 2.45. The van der Waals surface area contributed by atoms with Gasteiger partial charge in [0.15, 0.2) is 0 Å². The van der Waals surface area contributed by atoms with Gasteiger partial charge in [0.25, 0.3) is 0 Å². The van der Waals surface area contributed by atoms with E-state index in [9.17, 15) is 9.90 Å². The van der Waals surface area contributed by atoms with Gasteiger partial charge in [-0.25, -0.2) is 0 Å². The number of hydrogen-bond acceptors (Lipinski definition) is 2. The first-order chi connectivity index (χ1) is 8.42. The van der Waals surface area contributed by atoms with Crippen LogP contribution in [0.25, 0.3) is 0 Å². The van der Waals surface area contributed by atoms with Gasteiger partial charge < -0.3 is 5.11 Å². The summed E-state index contributed by atoms with van der Waals surface area (Å²) in [4.78, 5) is 13.4. The SMILES string of the molecule is CC(c1ccc(Cl)cc1)N1CCC(C)(C(=O)O)C1. The van der Waals surface area contributed by atoms with Gasteiger partial charge in [0.1, 0.15) is 0 Å². The molecule has 0 aliphatic carbocycles. The third-order valence-electron chi connectivity index (χ3n) is 3.92. The summed E-state index contributed by atoms with van der Waals surface area (Å²) in [6, 6.07) is 7.98. The van der Waals surface area contributed by atoms with Gasteiger partial charge in [-0.15, -0.1) is 0 Å². The third kappa shape index (κ3) is 2.52. The second-order valence-corrected chi connectivity index (χ2v) is 5.75. The summed E-state index contributed by atoms with van der Waals surface area (Å²) < 4.78 is 0. The Bertz CT molecular complexity index is 446. The van der Waals surface area contributed by atoms with Crippen LogP contribution >= 0.6 is 11.6 Å². The lowest BCUT2D eigenvalue weighted by atomic mass is 9.90. The number of carbonyl (C=O) groups is 1. The van der Waals surface area contributed by atoms with E-state index in [0.29, 0.717) is 13.0 Å². The average Bonchev–Trinajstić information content (AvgIpc) is 2.73. The van der Waals surface area contributed by atoms with E-state index in [0.717, 1.165) is 11.6 Å². The third-order valence-corrected chi connectivity index (χ3v) is 4.17. The highest BCUT2D eigenvalue weighted by Gasteiger charge is 2.41. The number of nitrogens with zero attached hydrogens (tertiary/aromatic N) is 1. The van der Waals surface area contributed by atoms with Crippen molar-refractivity contribution in [1.82, 2.24) is 4.90 Å². The van der Waals surface area contributed by atoms with Crippen LogP contribution in [0, 0.1) is 5.41 Å². The molecule has 0 radical (unpaired) electrons. The molecule has 1 aromatic rings. The smallest absolute Gasteiger partial charge is 0.310 e. The Morgan fingerprint density at radius 1 is 1.44 bits per heavy atom. The topological polar surface area (TPSA) is 40.5 Å². The highest BCUT2D eigenvalue weighted by molar-refractivity contribution is 6.30. The molecule has 18 heavy (non-hydrogen) atoms. The molecule has 2 rings (SSSR count). The molecule has 1 aromatic carbocycles. The van der Waals surface area contributed by atoms with Crippen LogP contribution in [0.3, 0.4) is 0 Å². The number of aliphatic carboxylic acids is 1. The van der Waals surface area contributed by atoms with E-state index in [4.69, 9.17) is 11.6 Å². The van der Waals surface area contributed by atoms with E-state index < -0.39 is 11.4 Å². The predicted molar refractivity (Wildman–Crippen MR) is 71.8 cm³/mol. The number of halogens is 1. The Balaban J connectivity index is 2.10. The van der Waals surface area contributed by atoms with Gasteiger partial charge in [0.05, 0.1) is 5.41 Å². The number of rotatable bonds is 3. The molecule has 1 heterocycles. The molecule has 0 aromatic heterocycles. The molecular formula is C14H18ClNO2. The first kappa shape index (κ1) is 13.4. The average molecular weight is 268 g/mol. The van der Waals surface area contributed by atoms with Gasteiger partial charge in [0.2, 0.25) is 0 Å². The summed E-state index contributed by atoms with van der Waals surface area (Å²) in [6.07, 6.45) is 0.709. The normalized spacial score (nSPS) is 26.2. The van der Waals surface area contributed by atoms with Crippen LogP contribution < -0.4 is 0 Å². The molecule has 1 aliphatic rings. The van der Waals surface area contributed by atoms with Crippen LogP contribution in [0.15, 0.2) is 24.3 Å². The Labute approximate surface area is 112 Å². The standard InChI is InChI=1S/C14H18ClNO2/c1-10(11-3-5-12(15)6-4-11)16-8-7-14(2,9-16)13(17)18/h3-6,10H,7-9H2,1-2H3,(H,17,18). The highest BCUT2D eigenvalue weighted by atomic mass is 35.5. The summed E-state index contributed by atoms with van der Waals surface area (Å²) >= 11 is 5.87. The molecular weight excluding hydrogens is 250 g/mol. The van der Waals surface area contributed by atoms with Crippen molar-refractivity contribution in [1.29, 1.82) is 0 Å². The molecule has 2 atom stereocenters. The predicted octanol–water partition coefficient (Wildman–Crippen LogP) is 3.20. The van der Waals surface area contributed by atoms with Crippen LogP contribution in [-0.4, -0.2) is 29.1 Å². The largest absolute Gasteiger partial charge is 0.481 e. The maximum Gasteiger partial charge on any atom is 0.310 e. The zero-order valence-electron chi connectivity index (χ0n) is 10.7. The summed E-state index contributed by atoms with van der Waals surface area (Å²) in [5.74, 6) is -0.701. The number of carboxylic acid groups (broad SMARTS) is 1. The van der Waals surface area contributed by atoms with E-state index in [1.54, 1.807) is 0 Å². The minimum absolute atomic E-state index is 0.225. The zero-order valence-corrected chi connectivity index (χ0v) is 11.4. The Morgan fingerprint density at radius 3 is 2.56 bits per heavy atom. The van der Waals surface area contributed by atoms with Crippen molar-refractivity contribution in [2.45, 2.75) is 26.3 Å². The molecule has 3 nitrogen and oxygen atoms in total. The second-order valence-electron chi connectivity index (χ2n) is 5.31. The van der Waals surface area contributed by atoms with Crippen molar-refractivity contribution in [2.75, 3.05) is 13.1 Å². The van der Waals surface area contributed by atoms with Gasteiger partial charge in [-0.05, 0) is 44.5 Å². The zero-order chi connectivity index (χ0) is 13.3. The van der Waals surface area contributed by atoms with E-state index in [-0.39, 0.29) is 6.04 Å². The summed E-state index contributed by atoms with van der Waals surface area (Å²) in [6.45, 7) is 5.36. The van der Waals surface area contributed by atoms with E-state index in [1.807, 2.05) is 31.2 Å². The first-order valence-electron chi connectivity index (χ1n) is 6.15. The Hall–Kier alpha value is -1.06. The van der Waals surface area contributed by atoms with Crippen molar-refractivity contribution >= 4 is 17.6 Å². The molecule has 0 bridgehead atoms. The van der Waals surface area contributed by atoms with Crippen molar-refractivity contribution in [2.24, 2.45) is 5.41 Å². The quantitative estimate of drug-likeness (QED) is 0.914. The highest BCUT2D eigenvalue weighted by Crippen LogP contribution is 2.35. The van der Waals surface area contributed by atoms with Crippen LogP contribution in [0.5, 0.6) is 0 Å². The maximum absolute atomic E-state index is 11.2. The monoisotopic (exact) mass is 267 g/mol. The molecule has 0 amide bonds. The first-order valence-corrected chi connectivity index (χ1v) is 6.53. The van der Waals surface area contributed by atoms with Gasteiger partial charge in [0, 0.05) is 17.6 Å². The summed E-state index contributed by atoms with van der Waals surface area (Å²) in [7, 11) is 0. The fourth-order valence-corrected chi connectivity index (χ4v) is 2.58. The number of carboxylic acids is 1. The second kappa shape index (κ2) is 4.90. The van der Waals surface area contributed by atoms with Gasteiger partial charge >= 0.3 is 5.97 Å². The number of hydrogen-bond donors (Lipinski definition) is 1. The fraction of sp³-hybridized carbons (Fsp3) is 0.500. The van der Waals surface area contributed by atoms with Crippen LogP contribution in [0.4, 0.5) is 0 Å². The van der Waals surface area contributed by atoms with Crippen LogP contribution in [0.1, 0.15) is 31.9 Å². The minimum Gasteiger partial charge on any atom is -0.481 e. The Kier molecular flexibility index (Phi) is 3.64. The molecule has 4 heteroatoms. The lowest BCUT2D eigenvalue weighted by molar-refractivity contribution is -0.147. The van der Waals surface area contributed by atoms with Crippen molar-refractivity contribution in [3.05, 3.63) is 34.9 Å². The van der Waals surface area contributed by atoms with Crippen molar-refractivity contribution in [3.8, 4) is 0 Å². The van der Waals surface area contributed by atoms with Gasteiger partial charge in [-0.1, -0.05) is 23.7 Å². The van der Waals surface area contributed by atoms with Gasteiger partial charge in [-0.2, -0.15) is 0 Å². The summed E-state index contributed by atoms with van der Waals surface area (Å²) in [5, 5.41) is 9.96. The molecule has 1 aliphatic heterocycles. The van der Waals surface area contributed by atoms with Crippen LogP contribution in [0.2, 0.25) is 5.02 Å². The molecule has 0 spiro atoms. The van der Waals surface area contributed by atoms with Crippen LogP contribution in [-0.2, 0) is 4.79 Å². The summed E-state index contributed by atoms with van der Waals surface area (Å²) in [5.41, 5.74) is 0.565.